The minimum Gasteiger partial charge on any atom is -0.497 e. The lowest BCUT2D eigenvalue weighted by Crippen LogP contribution is -2.45. The molecule has 4 amide bonds. The molecule has 0 aromatic heterocycles. The van der Waals surface area contributed by atoms with Crippen LogP contribution in [0.25, 0.3) is 0 Å². The van der Waals surface area contributed by atoms with Gasteiger partial charge in [0.1, 0.15) is 17.8 Å². The average molecular weight is 486 g/mol. The molecule has 1 N–H and O–H groups in total. The van der Waals surface area contributed by atoms with Gasteiger partial charge in [-0.05, 0) is 43.5 Å². The largest absolute Gasteiger partial charge is 0.497 e. The molecule has 2 aromatic rings. The van der Waals surface area contributed by atoms with Crippen LogP contribution in [0.3, 0.4) is 0 Å². The number of benzene rings is 2. The van der Waals surface area contributed by atoms with Crippen molar-refractivity contribution in [3.8, 4) is 5.75 Å². The highest BCUT2D eigenvalue weighted by atomic mass is 79.9. The standard InChI is InChI=1S/C23H24BrN3O4/c1-23(18-5-3-4-6-19(18)24)21(29)27(22(30)25-23)14-20(28)26(16-9-10-16)13-15-7-11-17(31-2)12-8-15/h3-8,11-12,16H,9-10,13-14H2,1-2H3,(H,25,30). The molecule has 2 aliphatic rings. The van der Waals surface area contributed by atoms with E-state index in [1.807, 2.05) is 42.5 Å². The zero-order chi connectivity index (χ0) is 22.2. The Morgan fingerprint density at radius 3 is 2.48 bits per heavy atom. The van der Waals surface area contributed by atoms with E-state index in [0.29, 0.717) is 12.1 Å². The number of halogens is 1. The molecule has 1 saturated heterocycles. The summed E-state index contributed by atoms with van der Waals surface area (Å²) in [6, 6.07) is 14.4. The van der Waals surface area contributed by atoms with Gasteiger partial charge >= 0.3 is 6.03 Å². The van der Waals surface area contributed by atoms with Crippen molar-refractivity contribution in [1.29, 1.82) is 0 Å². The van der Waals surface area contributed by atoms with Crippen LogP contribution in [0.15, 0.2) is 53.0 Å². The topological polar surface area (TPSA) is 79.0 Å². The Balaban J connectivity index is 1.50. The van der Waals surface area contributed by atoms with Crippen molar-refractivity contribution in [2.75, 3.05) is 13.7 Å². The third-order valence-corrected chi connectivity index (χ3v) is 6.49. The van der Waals surface area contributed by atoms with Crippen molar-refractivity contribution in [3.63, 3.8) is 0 Å². The summed E-state index contributed by atoms with van der Waals surface area (Å²) in [5.41, 5.74) is 0.398. The zero-order valence-electron chi connectivity index (χ0n) is 17.4. The fourth-order valence-corrected chi connectivity index (χ4v) is 4.53. The number of hydrogen-bond acceptors (Lipinski definition) is 4. The first-order chi connectivity index (χ1) is 14.8. The van der Waals surface area contributed by atoms with Crippen LogP contribution in [0.5, 0.6) is 5.75 Å². The highest BCUT2D eigenvalue weighted by molar-refractivity contribution is 9.10. The fraction of sp³-hybridized carbons (Fsp3) is 0.348. The SMILES string of the molecule is COc1ccc(CN(C(=O)CN2C(=O)NC(C)(c3ccccc3Br)C2=O)C2CC2)cc1. The average Bonchev–Trinajstić information content (AvgIpc) is 3.57. The first-order valence-electron chi connectivity index (χ1n) is 10.1. The van der Waals surface area contributed by atoms with Gasteiger partial charge in [-0.15, -0.1) is 0 Å². The summed E-state index contributed by atoms with van der Waals surface area (Å²) in [5.74, 6) is 0.0786. The van der Waals surface area contributed by atoms with Gasteiger partial charge in [-0.1, -0.05) is 46.3 Å². The molecule has 1 saturated carbocycles. The maximum atomic E-state index is 13.2. The summed E-state index contributed by atoms with van der Waals surface area (Å²) >= 11 is 3.45. The predicted octanol–water partition coefficient (Wildman–Crippen LogP) is 3.42. The Labute approximate surface area is 189 Å². The Bertz CT molecular complexity index is 1020. The summed E-state index contributed by atoms with van der Waals surface area (Å²) < 4.78 is 5.91. The molecule has 1 aliphatic heterocycles. The molecule has 31 heavy (non-hydrogen) atoms. The summed E-state index contributed by atoms with van der Waals surface area (Å²) in [6.07, 6.45) is 1.85. The fourth-order valence-electron chi connectivity index (χ4n) is 3.85. The van der Waals surface area contributed by atoms with Crippen LogP contribution in [0.2, 0.25) is 0 Å². The molecule has 0 radical (unpaired) electrons. The molecule has 1 heterocycles. The molecule has 0 bridgehead atoms. The number of amides is 4. The van der Waals surface area contributed by atoms with Crippen molar-refractivity contribution in [2.24, 2.45) is 0 Å². The van der Waals surface area contributed by atoms with E-state index in [2.05, 4.69) is 21.2 Å². The van der Waals surface area contributed by atoms with Gasteiger partial charge in [0.15, 0.2) is 0 Å². The molecule has 8 heteroatoms. The number of methoxy groups -OCH3 is 1. The summed E-state index contributed by atoms with van der Waals surface area (Å²) in [6.45, 7) is 1.81. The number of rotatable bonds is 7. The van der Waals surface area contributed by atoms with Gasteiger partial charge in [-0.3, -0.25) is 14.5 Å². The summed E-state index contributed by atoms with van der Waals surface area (Å²) in [7, 11) is 1.61. The molecule has 7 nitrogen and oxygen atoms in total. The van der Waals surface area contributed by atoms with Crippen molar-refractivity contribution >= 4 is 33.8 Å². The molecular formula is C23H24BrN3O4. The monoisotopic (exact) mass is 485 g/mol. The van der Waals surface area contributed by atoms with E-state index in [9.17, 15) is 14.4 Å². The first-order valence-corrected chi connectivity index (χ1v) is 10.9. The van der Waals surface area contributed by atoms with Crippen LogP contribution in [0.4, 0.5) is 4.79 Å². The predicted molar refractivity (Wildman–Crippen MR) is 118 cm³/mol. The van der Waals surface area contributed by atoms with Gasteiger partial charge in [0.2, 0.25) is 5.91 Å². The van der Waals surface area contributed by atoms with E-state index in [0.717, 1.165) is 33.5 Å². The lowest BCUT2D eigenvalue weighted by Gasteiger charge is -2.26. The van der Waals surface area contributed by atoms with Crippen LogP contribution in [0, 0.1) is 0 Å². The third-order valence-electron chi connectivity index (χ3n) is 5.80. The molecule has 0 spiro atoms. The molecule has 162 valence electrons. The molecule has 4 rings (SSSR count). The number of nitrogens with one attached hydrogen (secondary N) is 1. The molecule has 1 atom stereocenters. The Kier molecular flexibility index (Phi) is 5.75. The number of urea groups is 1. The Hall–Kier alpha value is -2.87. The van der Waals surface area contributed by atoms with Gasteiger partial charge < -0.3 is 15.0 Å². The maximum absolute atomic E-state index is 13.2. The van der Waals surface area contributed by atoms with Crippen LogP contribution in [-0.4, -0.2) is 47.3 Å². The number of imide groups is 1. The smallest absolute Gasteiger partial charge is 0.325 e. The van der Waals surface area contributed by atoms with Crippen molar-refractivity contribution in [2.45, 2.75) is 37.9 Å². The molecular weight excluding hydrogens is 462 g/mol. The lowest BCUT2D eigenvalue weighted by atomic mass is 9.92. The van der Waals surface area contributed by atoms with Gasteiger partial charge in [-0.25, -0.2) is 4.79 Å². The van der Waals surface area contributed by atoms with Crippen molar-refractivity contribution in [1.82, 2.24) is 15.1 Å². The van der Waals surface area contributed by atoms with Crippen LogP contribution >= 0.6 is 15.9 Å². The van der Waals surface area contributed by atoms with E-state index in [-0.39, 0.29) is 18.5 Å². The Morgan fingerprint density at radius 1 is 1.19 bits per heavy atom. The maximum Gasteiger partial charge on any atom is 0.325 e. The minimum absolute atomic E-state index is 0.144. The minimum atomic E-state index is -1.22. The van der Waals surface area contributed by atoms with E-state index in [1.165, 1.54) is 0 Å². The number of ether oxygens (including phenoxy) is 1. The van der Waals surface area contributed by atoms with E-state index in [1.54, 1.807) is 25.0 Å². The summed E-state index contributed by atoms with van der Waals surface area (Å²) in [5, 5.41) is 2.76. The third kappa shape index (κ3) is 4.17. The van der Waals surface area contributed by atoms with Crippen molar-refractivity contribution < 1.29 is 19.1 Å². The molecule has 1 aliphatic carbocycles. The van der Waals surface area contributed by atoms with E-state index >= 15 is 0 Å². The normalized spacial score (nSPS) is 20.5. The van der Waals surface area contributed by atoms with Crippen LogP contribution in [0.1, 0.15) is 30.9 Å². The second-order valence-electron chi connectivity index (χ2n) is 8.03. The van der Waals surface area contributed by atoms with Gasteiger partial charge in [0.05, 0.1) is 7.11 Å². The zero-order valence-corrected chi connectivity index (χ0v) is 19.0. The number of carbonyl (C=O) groups excluding carboxylic acids is 3. The molecule has 2 fully saturated rings. The van der Waals surface area contributed by atoms with Gasteiger partial charge in [0, 0.05) is 22.6 Å². The van der Waals surface area contributed by atoms with Gasteiger partial charge in [0.25, 0.3) is 5.91 Å². The van der Waals surface area contributed by atoms with Gasteiger partial charge in [-0.2, -0.15) is 0 Å². The highest BCUT2D eigenvalue weighted by Gasteiger charge is 2.50. The van der Waals surface area contributed by atoms with E-state index in [4.69, 9.17) is 4.74 Å². The number of nitrogens with zero attached hydrogens (tertiary/aromatic N) is 2. The van der Waals surface area contributed by atoms with E-state index < -0.39 is 17.5 Å². The van der Waals surface area contributed by atoms with Crippen molar-refractivity contribution in [3.05, 3.63) is 64.1 Å². The quantitative estimate of drug-likeness (QED) is 0.609. The molecule has 1 unspecified atom stereocenters. The number of hydrogen-bond donors (Lipinski definition) is 1. The first kappa shape index (κ1) is 21.4. The lowest BCUT2D eigenvalue weighted by molar-refractivity contribution is -0.139. The second-order valence-corrected chi connectivity index (χ2v) is 8.88. The Morgan fingerprint density at radius 2 is 1.87 bits per heavy atom. The highest BCUT2D eigenvalue weighted by Crippen LogP contribution is 2.34. The summed E-state index contributed by atoms with van der Waals surface area (Å²) in [4.78, 5) is 41.8. The molecule has 2 aromatic carbocycles. The van der Waals surface area contributed by atoms with Crippen LogP contribution < -0.4 is 10.1 Å². The second kappa shape index (κ2) is 8.34. The van der Waals surface area contributed by atoms with Crippen LogP contribution in [-0.2, 0) is 21.7 Å². The number of carbonyl (C=O) groups is 3.